The number of carbonyl (C=O) groups is 2. The second kappa shape index (κ2) is 7.28. The van der Waals surface area contributed by atoms with Crippen LogP contribution in [-0.4, -0.2) is 29.1 Å². The number of anilines is 1. The van der Waals surface area contributed by atoms with Gasteiger partial charge in [0.05, 0.1) is 5.41 Å². The topological polar surface area (TPSA) is 50.3 Å². The summed E-state index contributed by atoms with van der Waals surface area (Å²) in [4.78, 5) is 31.1. The molecule has 2 atom stereocenters. The first-order valence-corrected chi connectivity index (χ1v) is 9.70. The van der Waals surface area contributed by atoms with Crippen molar-refractivity contribution in [3.05, 3.63) is 60.2 Å². The van der Waals surface area contributed by atoms with E-state index in [1.807, 2.05) is 0 Å². The molecule has 0 radical (unpaired) electrons. The van der Waals surface area contributed by atoms with E-state index in [-0.39, 0.29) is 30.9 Å². The Hall–Kier alpha value is -2.70. The summed E-state index contributed by atoms with van der Waals surface area (Å²) in [6.45, 7) is 0.356. The number of carbonyl (C=O) groups excluding carboxylic acids is 2. The van der Waals surface area contributed by atoms with E-state index in [1.165, 1.54) is 35.4 Å². The lowest BCUT2D eigenvalue weighted by Crippen LogP contribution is -2.46. The smallest absolute Gasteiger partial charge is 0.251 e. The first-order chi connectivity index (χ1) is 13.8. The van der Waals surface area contributed by atoms with Gasteiger partial charge >= 0.3 is 0 Å². The van der Waals surface area contributed by atoms with Crippen LogP contribution in [0.1, 0.15) is 42.6 Å². The maximum Gasteiger partial charge on any atom is 0.251 e. The van der Waals surface area contributed by atoms with Gasteiger partial charge in [-0.2, -0.15) is 0 Å². The minimum atomic E-state index is -3.01. The van der Waals surface area contributed by atoms with Gasteiger partial charge in [0.15, 0.2) is 5.78 Å². The molecule has 1 saturated heterocycles. The number of aromatic nitrogens is 1. The first kappa shape index (κ1) is 19.6. The molecule has 0 N–H and O–H groups in total. The minimum absolute atomic E-state index is 0.0524. The summed E-state index contributed by atoms with van der Waals surface area (Å²) in [5.74, 6) is -5.39. The van der Waals surface area contributed by atoms with Crippen molar-refractivity contribution in [1.29, 1.82) is 0 Å². The normalized spacial score (nSPS) is 26.1. The number of hydrogen-bond donors (Lipinski definition) is 0. The molecule has 7 heteroatoms. The second-order valence-corrected chi connectivity index (χ2v) is 7.97. The lowest BCUT2D eigenvalue weighted by Gasteiger charge is -2.41. The molecule has 1 saturated carbocycles. The summed E-state index contributed by atoms with van der Waals surface area (Å²) in [5.41, 5.74) is -0.337. The number of nitrogens with zero attached hydrogens (tertiary/aromatic N) is 2. The Morgan fingerprint density at radius 3 is 2.69 bits per heavy atom. The predicted molar refractivity (Wildman–Crippen MR) is 101 cm³/mol. The van der Waals surface area contributed by atoms with E-state index < -0.39 is 35.3 Å². The second-order valence-electron chi connectivity index (χ2n) is 7.97. The maximum absolute atomic E-state index is 14.6. The van der Waals surface area contributed by atoms with Gasteiger partial charge in [-0.05, 0) is 49.6 Å². The Morgan fingerprint density at radius 2 is 1.97 bits per heavy atom. The van der Waals surface area contributed by atoms with Gasteiger partial charge in [-0.25, -0.2) is 13.2 Å². The summed E-state index contributed by atoms with van der Waals surface area (Å²) in [5, 5.41) is 0. The Morgan fingerprint density at radius 1 is 1.14 bits per heavy atom. The molecular weight excluding hydrogens is 381 g/mol. The summed E-state index contributed by atoms with van der Waals surface area (Å²) in [6.07, 6.45) is 1.11. The largest absolute Gasteiger partial charge is 0.312 e. The SMILES string of the molecule is O=C(CC1CC2(CCN(c3cccc(F)c3)C2=O)CCC1(F)F)c1ccccn1. The predicted octanol–water partition coefficient (Wildman–Crippen LogP) is 4.65. The quantitative estimate of drug-likeness (QED) is 0.700. The van der Waals surface area contributed by atoms with Gasteiger partial charge in [0.25, 0.3) is 5.92 Å². The zero-order chi connectivity index (χ0) is 20.6. The fraction of sp³-hybridized carbons (Fsp3) is 0.409. The number of halogens is 3. The molecule has 29 heavy (non-hydrogen) atoms. The van der Waals surface area contributed by atoms with E-state index in [0.29, 0.717) is 18.7 Å². The highest BCUT2D eigenvalue weighted by molar-refractivity contribution is 6.00. The number of amides is 1. The van der Waals surface area contributed by atoms with Gasteiger partial charge in [0, 0.05) is 37.2 Å². The van der Waals surface area contributed by atoms with Crippen LogP contribution in [0, 0.1) is 17.2 Å². The fourth-order valence-corrected chi connectivity index (χ4v) is 4.54. The molecule has 4 rings (SSSR count). The Bertz CT molecular complexity index is 935. The molecule has 2 aromatic rings. The van der Waals surface area contributed by atoms with Crippen molar-refractivity contribution < 1.29 is 22.8 Å². The molecule has 1 aliphatic heterocycles. The average molecular weight is 402 g/mol. The third-order valence-corrected chi connectivity index (χ3v) is 6.19. The molecule has 2 aliphatic rings. The summed E-state index contributed by atoms with van der Waals surface area (Å²) in [7, 11) is 0. The molecule has 0 bridgehead atoms. The number of Topliss-reactive ketones (excluding diaryl/α,β-unsaturated/α-hetero) is 1. The first-order valence-electron chi connectivity index (χ1n) is 9.70. The number of rotatable bonds is 4. The number of alkyl halides is 2. The molecule has 1 amide bonds. The van der Waals surface area contributed by atoms with Crippen LogP contribution in [0.15, 0.2) is 48.7 Å². The zero-order valence-corrected chi connectivity index (χ0v) is 15.8. The zero-order valence-electron chi connectivity index (χ0n) is 15.8. The van der Waals surface area contributed by atoms with Gasteiger partial charge < -0.3 is 4.90 Å². The Kier molecular flexibility index (Phi) is 4.92. The highest BCUT2D eigenvalue weighted by Gasteiger charge is 2.57. The summed E-state index contributed by atoms with van der Waals surface area (Å²) >= 11 is 0. The van der Waals surface area contributed by atoms with Crippen LogP contribution in [0.25, 0.3) is 0 Å². The monoisotopic (exact) mass is 402 g/mol. The molecular formula is C22H21F3N2O2. The molecule has 1 aromatic carbocycles. The van der Waals surface area contributed by atoms with Crippen molar-refractivity contribution in [2.75, 3.05) is 11.4 Å². The van der Waals surface area contributed by atoms with Gasteiger partial charge in [-0.3, -0.25) is 14.6 Å². The molecule has 1 aliphatic carbocycles. The van der Waals surface area contributed by atoms with Gasteiger partial charge in [-0.15, -0.1) is 0 Å². The van der Waals surface area contributed by atoms with Crippen LogP contribution in [-0.2, 0) is 4.79 Å². The van der Waals surface area contributed by atoms with E-state index in [4.69, 9.17) is 0 Å². The Balaban J connectivity index is 1.55. The number of pyridine rings is 1. The van der Waals surface area contributed by atoms with Crippen molar-refractivity contribution in [3.8, 4) is 0 Å². The van der Waals surface area contributed by atoms with E-state index in [9.17, 15) is 22.8 Å². The van der Waals surface area contributed by atoms with E-state index in [1.54, 1.807) is 18.2 Å². The molecule has 1 spiro atoms. The van der Waals surface area contributed by atoms with Gasteiger partial charge in [-0.1, -0.05) is 12.1 Å². The Labute approximate surface area is 166 Å². The van der Waals surface area contributed by atoms with Crippen molar-refractivity contribution >= 4 is 17.4 Å². The van der Waals surface area contributed by atoms with Crippen molar-refractivity contribution in [2.45, 2.75) is 38.0 Å². The van der Waals surface area contributed by atoms with E-state index in [2.05, 4.69) is 4.98 Å². The summed E-state index contributed by atoms with van der Waals surface area (Å²) < 4.78 is 42.8. The number of benzene rings is 1. The average Bonchev–Trinajstić information content (AvgIpc) is 3.02. The van der Waals surface area contributed by atoms with Crippen LogP contribution < -0.4 is 4.90 Å². The van der Waals surface area contributed by atoms with Crippen LogP contribution in [0.4, 0.5) is 18.9 Å². The van der Waals surface area contributed by atoms with Crippen LogP contribution in [0.3, 0.4) is 0 Å². The third kappa shape index (κ3) is 3.66. The number of ketones is 1. The van der Waals surface area contributed by atoms with Gasteiger partial charge in [0.1, 0.15) is 11.5 Å². The van der Waals surface area contributed by atoms with Crippen LogP contribution in [0.5, 0.6) is 0 Å². The molecule has 152 valence electrons. The van der Waals surface area contributed by atoms with Crippen LogP contribution in [0.2, 0.25) is 0 Å². The lowest BCUT2D eigenvalue weighted by molar-refractivity contribution is -0.143. The number of hydrogen-bond acceptors (Lipinski definition) is 3. The molecule has 1 aromatic heterocycles. The fourth-order valence-electron chi connectivity index (χ4n) is 4.54. The summed E-state index contributed by atoms with van der Waals surface area (Å²) in [6, 6.07) is 10.5. The third-order valence-electron chi connectivity index (χ3n) is 6.19. The highest BCUT2D eigenvalue weighted by Crippen LogP contribution is 2.53. The highest BCUT2D eigenvalue weighted by atomic mass is 19.3. The molecule has 2 unspecified atom stereocenters. The van der Waals surface area contributed by atoms with Crippen molar-refractivity contribution in [3.63, 3.8) is 0 Å². The lowest BCUT2D eigenvalue weighted by atomic mass is 9.66. The molecule has 2 heterocycles. The van der Waals surface area contributed by atoms with Crippen molar-refractivity contribution in [1.82, 2.24) is 4.98 Å². The van der Waals surface area contributed by atoms with E-state index in [0.717, 1.165) is 0 Å². The maximum atomic E-state index is 14.6. The molecule has 4 nitrogen and oxygen atoms in total. The van der Waals surface area contributed by atoms with Crippen LogP contribution >= 0.6 is 0 Å². The van der Waals surface area contributed by atoms with E-state index >= 15 is 0 Å². The van der Waals surface area contributed by atoms with Gasteiger partial charge in [0.2, 0.25) is 5.91 Å². The van der Waals surface area contributed by atoms with Crippen molar-refractivity contribution in [2.24, 2.45) is 11.3 Å². The molecule has 2 fully saturated rings. The minimum Gasteiger partial charge on any atom is -0.312 e. The standard InChI is InChI=1S/C22H21F3N2O2/c23-16-4-3-5-17(13-16)27-11-9-21(20(27)29)7-8-22(24,25)15(14-21)12-19(28)18-6-1-2-10-26-18/h1-6,10,13,15H,7-9,11-12,14H2.